The molecule has 0 saturated heterocycles. The number of amides is 1. The molecule has 2 unspecified atom stereocenters. The third kappa shape index (κ3) is 4.03. The number of hydrogen-bond acceptors (Lipinski definition) is 2. The van der Waals surface area contributed by atoms with Crippen molar-refractivity contribution in [3.8, 4) is 0 Å². The molecule has 2 rings (SSSR count). The smallest absolute Gasteiger partial charge is 0.251 e. The summed E-state index contributed by atoms with van der Waals surface area (Å²) in [5, 5.41) is 2.95. The van der Waals surface area contributed by atoms with Crippen molar-refractivity contribution in [2.24, 2.45) is 11.7 Å². The second kappa shape index (κ2) is 7.40. The average molecular weight is 399 g/mol. The lowest BCUT2D eigenvalue weighted by Crippen LogP contribution is -2.39. The van der Waals surface area contributed by atoms with Gasteiger partial charge in [-0.05, 0) is 66.1 Å². The number of carbonyl (C=O) groups is 1. The molecule has 1 amide bonds. The molecule has 1 fully saturated rings. The van der Waals surface area contributed by atoms with Gasteiger partial charge in [-0.2, -0.15) is 0 Å². The van der Waals surface area contributed by atoms with E-state index < -0.39 is 0 Å². The topological polar surface area (TPSA) is 55.1 Å². The predicted molar refractivity (Wildman–Crippen MR) is 84.0 cm³/mol. The maximum atomic E-state index is 13.4. The molecule has 0 radical (unpaired) electrons. The molecule has 19 heavy (non-hydrogen) atoms. The van der Waals surface area contributed by atoms with Gasteiger partial charge in [-0.1, -0.05) is 6.42 Å². The third-order valence-corrected chi connectivity index (χ3v) is 4.33. The number of hydrogen-bond donors (Lipinski definition) is 2. The van der Waals surface area contributed by atoms with E-state index in [1.165, 1.54) is 6.07 Å². The SMILES string of the molecule is Cl.NCC1CCCC1NC(=O)c1ccc(I)c(F)c1. The Balaban J connectivity index is 0.00000180. The average Bonchev–Trinajstić information content (AvgIpc) is 2.79. The zero-order valence-corrected chi connectivity index (χ0v) is 13.3. The first-order chi connectivity index (χ1) is 8.61. The van der Waals surface area contributed by atoms with Crippen molar-refractivity contribution in [1.29, 1.82) is 0 Å². The molecule has 1 saturated carbocycles. The van der Waals surface area contributed by atoms with Crippen LogP contribution in [0.1, 0.15) is 29.6 Å². The van der Waals surface area contributed by atoms with Crippen LogP contribution in [0.5, 0.6) is 0 Å². The highest BCUT2D eigenvalue weighted by Gasteiger charge is 2.27. The van der Waals surface area contributed by atoms with E-state index in [1.54, 1.807) is 12.1 Å². The molecule has 0 aliphatic heterocycles. The highest BCUT2D eigenvalue weighted by Crippen LogP contribution is 2.25. The Hall–Kier alpha value is -0.400. The van der Waals surface area contributed by atoms with Gasteiger partial charge in [0.1, 0.15) is 5.82 Å². The van der Waals surface area contributed by atoms with Crippen LogP contribution in [0.25, 0.3) is 0 Å². The largest absolute Gasteiger partial charge is 0.349 e. The van der Waals surface area contributed by atoms with Gasteiger partial charge in [0.05, 0.1) is 0 Å². The van der Waals surface area contributed by atoms with Crippen molar-refractivity contribution in [3.63, 3.8) is 0 Å². The summed E-state index contributed by atoms with van der Waals surface area (Å²) in [6.45, 7) is 0.589. The molecule has 1 aromatic carbocycles. The van der Waals surface area contributed by atoms with Crippen LogP contribution in [0.4, 0.5) is 4.39 Å². The molecule has 1 aliphatic carbocycles. The van der Waals surface area contributed by atoms with Gasteiger partial charge in [-0.3, -0.25) is 4.79 Å². The number of benzene rings is 1. The molecule has 2 atom stereocenters. The van der Waals surface area contributed by atoms with E-state index in [-0.39, 0.29) is 30.2 Å². The van der Waals surface area contributed by atoms with Gasteiger partial charge < -0.3 is 11.1 Å². The van der Waals surface area contributed by atoms with Gasteiger partial charge in [0.15, 0.2) is 0 Å². The second-order valence-corrected chi connectivity index (χ2v) is 5.80. The Bertz CT molecular complexity index is 458. The van der Waals surface area contributed by atoms with Gasteiger partial charge in [0, 0.05) is 15.2 Å². The Morgan fingerprint density at radius 1 is 1.47 bits per heavy atom. The van der Waals surface area contributed by atoms with E-state index in [0.29, 0.717) is 21.6 Å². The molecule has 106 valence electrons. The second-order valence-electron chi connectivity index (χ2n) is 4.64. The molecule has 3 nitrogen and oxygen atoms in total. The summed E-state index contributed by atoms with van der Waals surface area (Å²) < 4.78 is 13.9. The highest BCUT2D eigenvalue weighted by atomic mass is 127. The first-order valence-corrected chi connectivity index (χ1v) is 7.15. The Morgan fingerprint density at radius 2 is 2.21 bits per heavy atom. The molecular weight excluding hydrogens is 382 g/mol. The third-order valence-electron chi connectivity index (χ3n) is 3.46. The van der Waals surface area contributed by atoms with Gasteiger partial charge in [0.2, 0.25) is 0 Å². The molecular formula is C13H17ClFIN2O. The van der Waals surface area contributed by atoms with E-state index in [1.807, 2.05) is 22.6 Å². The number of carbonyl (C=O) groups excluding carboxylic acids is 1. The van der Waals surface area contributed by atoms with E-state index >= 15 is 0 Å². The minimum Gasteiger partial charge on any atom is -0.349 e. The van der Waals surface area contributed by atoms with Gasteiger partial charge >= 0.3 is 0 Å². The molecule has 0 spiro atoms. The normalized spacial score (nSPS) is 21.8. The number of halogens is 3. The lowest BCUT2D eigenvalue weighted by Gasteiger charge is -2.19. The van der Waals surface area contributed by atoms with Crippen LogP contribution in [-0.2, 0) is 0 Å². The maximum absolute atomic E-state index is 13.4. The lowest BCUT2D eigenvalue weighted by molar-refractivity contribution is 0.0928. The zero-order chi connectivity index (χ0) is 13.1. The molecule has 3 N–H and O–H groups in total. The number of nitrogens with one attached hydrogen (secondary N) is 1. The summed E-state index contributed by atoms with van der Waals surface area (Å²) >= 11 is 1.90. The number of nitrogens with two attached hydrogens (primary N) is 1. The van der Waals surface area contributed by atoms with Crippen LogP contribution in [0, 0.1) is 15.3 Å². The van der Waals surface area contributed by atoms with E-state index in [4.69, 9.17) is 5.73 Å². The summed E-state index contributed by atoms with van der Waals surface area (Å²) in [4.78, 5) is 12.0. The quantitative estimate of drug-likeness (QED) is 0.769. The van der Waals surface area contributed by atoms with E-state index in [0.717, 1.165) is 19.3 Å². The lowest BCUT2D eigenvalue weighted by atomic mass is 10.0. The van der Waals surface area contributed by atoms with Crippen LogP contribution >= 0.6 is 35.0 Å². The standard InChI is InChI=1S/C13H16FIN2O.ClH/c14-10-6-8(4-5-11(10)15)13(18)17-12-3-1-2-9(12)7-16;/h4-6,9,12H,1-3,7,16H2,(H,17,18);1H. The van der Waals surface area contributed by atoms with Gasteiger partial charge in [-0.15, -0.1) is 12.4 Å². The van der Waals surface area contributed by atoms with Crippen molar-refractivity contribution in [1.82, 2.24) is 5.32 Å². The van der Waals surface area contributed by atoms with Crippen molar-refractivity contribution in [3.05, 3.63) is 33.1 Å². The highest BCUT2D eigenvalue weighted by molar-refractivity contribution is 14.1. The van der Waals surface area contributed by atoms with Crippen molar-refractivity contribution < 1.29 is 9.18 Å². The maximum Gasteiger partial charge on any atom is 0.251 e. The fraction of sp³-hybridized carbons (Fsp3) is 0.462. The predicted octanol–water partition coefficient (Wildman–Crippen LogP) is 2.71. The Kier molecular flexibility index (Phi) is 6.49. The number of rotatable bonds is 3. The molecule has 1 aromatic rings. The van der Waals surface area contributed by atoms with E-state index in [2.05, 4.69) is 5.32 Å². The van der Waals surface area contributed by atoms with Gasteiger partial charge in [0.25, 0.3) is 5.91 Å². The molecule has 6 heteroatoms. The molecule has 0 aromatic heterocycles. The minimum absolute atomic E-state index is 0. The molecule has 1 aliphatic rings. The minimum atomic E-state index is -0.356. The first-order valence-electron chi connectivity index (χ1n) is 6.08. The Morgan fingerprint density at radius 3 is 2.84 bits per heavy atom. The van der Waals surface area contributed by atoms with Crippen LogP contribution in [0.2, 0.25) is 0 Å². The summed E-state index contributed by atoms with van der Waals surface area (Å²) in [5.41, 5.74) is 6.04. The first kappa shape index (κ1) is 16.7. The fourth-order valence-corrected chi connectivity index (χ4v) is 2.73. The van der Waals surface area contributed by atoms with Crippen LogP contribution in [-0.4, -0.2) is 18.5 Å². The monoisotopic (exact) mass is 398 g/mol. The molecule has 0 bridgehead atoms. The fourth-order valence-electron chi connectivity index (χ4n) is 2.40. The van der Waals surface area contributed by atoms with Crippen molar-refractivity contribution in [2.45, 2.75) is 25.3 Å². The zero-order valence-electron chi connectivity index (χ0n) is 10.4. The summed E-state index contributed by atoms with van der Waals surface area (Å²) in [5.74, 6) is -0.219. The van der Waals surface area contributed by atoms with Crippen LogP contribution in [0.15, 0.2) is 18.2 Å². The van der Waals surface area contributed by atoms with Crippen molar-refractivity contribution >= 4 is 40.9 Å². The summed E-state index contributed by atoms with van der Waals surface area (Å²) in [6.07, 6.45) is 3.11. The van der Waals surface area contributed by atoms with E-state index in [9.17, 15) is 9.18 Å². The van der Waals surface area contributed by atoms with Crippen LogP contribution in [0.3, 0.4) is 0 Å². The van der Waals surface area contributed by atoms with Crippen LogP contribution < -0.4 is 11.1 Å². The van der Waals surface area contributed by atoms with Crippen molar-refractivity contribution in [2.75, 3.05) is 6.54 Å². The van der Waals surface area contributed by atoms with Gasteiger partial charge in [-0.25, -0.2) is 4.39 Å². The Labute approximate surface area is 132 Å². The summed E-state index contributed by atoms with van der Waals surface area (Å²) in [7, 11) is 0. The summed E-state index contributed by atoms with van der Waals surface area (Å²) in [6, 6.07) is 4.67. The molecule has 0 heterocycles.